The first-order chi connectivity index (χ1) is 14.2. The van der Waals surface area contributed by atoms with Gasteiger partial charge >= 0.3 is 0 Å². The van der Waals surface area contributed by atoms with Crippen molar-refractivity contribution in [3.8, 4) is 11.5 Å². The van der Waals surface area contributed by atoms with Crippen molar-refractivity contribution in [3.63, 3.8) is 0 Å². The van der Waals surface area contributed by atoms with Gasteiger partial charge in [0.1, 0.15) is 12.0 Å². The summed E-state index contributed by atoms with van der Waals surface area (Å²) in [6, 6.07) is 18.4. The number of benzene rings is 2. The van der Waals surface area contributed by atoms with Crippen LogP contribution < -0.4 is 16.0 Å². The maximum atomic E-state index is 5.61. The first-order valence-corrected chi connectivity index (χ1v) is 10.1. The van der Waals surface area contributed by atoms with Crippen LogP contribution in [0.3, 0.4) is 0 Å². The van der Waals surface area contributed by atoms with Crippen LogP contribution in [0.4, 0.5) is 5.69 Å². The Labute approximate surface area is 195 Å². The van der Waals surface area contributed by atoms with Gasteiger partial charge in [-0.2, -0.15) is 0 Å². The SMILES string of the molecule is CCNC(=NCc1coc(-c2ccc(C)cc2)n1)NCCCNc1ccccc1.I. The second-order valence-electron chi connectivity index (χ2n) is 6.78. The van der Waals surface area contributed by atoms with E-state index in [9.17, 15) is 0 Å². The van der Waals surface area contributed by atoms with Crippen LogP contribution in [-0.2, 0) is 6.54 Å². The highest BCUT2D eigenvalue weighted by Crippen LogP contribution is 2.19. The number of nitrogens with zero attached hydrogens (tertiary/aromatic N) is 2. The number of halogens is 1. The quantitative estimate of drug-likeness (QED) is 0.164. The van der Waals surface area contributed by atoms with Crippen molar-refractivity contribution in [2.75, 3.05) is 25.0 Å². The molecule has 3 rings (SSSR count). The van der Waals surface area contributed by atoms with Crippen molar-refractivity contribution >= 4 is 35.6 Å². The third-order valence-corrected chi connectivity index (χ3v) is 4.34. The molecule has 2 aromatic carbocycles. The zero-order valence-corrected chi connectivity index (χ0v) is 19.9. The van der Waals surface area contributed by atoms with Gasteiger partial charge in [-0.25, -0.2) is 9.98 Å². The van der Waals surface area contributed by atoms with E-state index in [0.29, 0.717) is 12.4 Å². The van der Waals surface area contributed by atoms with Gasteiger partial charge in [0.2, 0.25) is 5.89 Å². The van der Waals surface area contributed by atoms with Gasteiger partial charge in [0.15, 0.2) is 5.96 Å². The fraction of sp³-hybridized carbons (Fsp3) is 0.304. The maximum absolute atomic E-state index is 5.61. The van der Waals surface area contributed by atoms with Crippen molar-refractivity contribution < 1.29 is 4.42 Å². The molecular weight excluding hydrogens is 489 g/mol. The van der Waals surface area contributed by atoms with Crippen LogP contribution >= 0.6 is 24.0 Å². The van der Waals surface area contributed by atoms with Crippen LogP contribution in [-0.4, -0.2) is 30.6 Å². The Bertz CT molecular complexity index is 893. The first-order valence-electron chi connectivity index (χ1n) is 10.1. The second kappa shape index (κ2) is 12.9. The van der Waals surface area contributed by atoms with E-state index in [1.165, 1.54) is 5.56 Å². The van der Waals surface area contributed by atoms with Crippen molar-refractivity contribution in [1.82, 2.24) is 15.6 Å². The Balaban J connectivity index is 0.00000320. The largest absolute Gasteiger partial charge is 0.444 e. The number of nitrogens with one attached hydrogen (secondary N) is 3. The minimum absolute atomic E-state index is 0. The van der Waals surface area contributed by atoms with E-state index < -0.39 is 0 Å². The number of hydrogen-bond acceptors (Lipinski definition) is 4. The molecule has 6 nitrogen and oxygen atoms in total. The molecule has 0 spiro atoms. The van der Waals surface area contributed by atoms with Gasteiger partial charge in [-0.3, -0.25) is 0 Å². The zero-order chi connectivity index (χ0) is 20.3. The molecule has 0 radical (unpaired) electrons. The summed E-state index contributed by atoms with van der Waals surface area (Å²) in [5, 5.41) is 10.0. The Kier molecular flexibility index (Phi) is 10.2. The molecule has 1 aromatic heterocycles. The molecule has 30 heavy (non-hydrogen) atoms. The van der Waals surface area contributed by atoms with Crippen molar-refractivity contribution in [2.45, 2.75) is 26.8 Å². The smallest absolute Gasteiger partial charge is 0.226 e. The first kappa shape index (κ1) is 23.7. The summed E-state index contributed by atoms with van der Waals surface area (Å²) < 4.78 is 5.61. The summed E-state index contributed by atoms with van der Waals surface area (Å²) in [4.78, 5) is 9.16. The van der Waals surface area contributed by atoms with E-state index in [1.54, 1.807) is 6.26 Å². The fourth-order valence-electron chi connectivity index (χ4n) is 2.79. The summed E-state index contributed by atoms with van der Waals surface area (Å²) in [7, 11) is 0. The molecule has 0 aliphatic rings. The molecule has 1 heterocycles. The lowest BCUT2D eigenvalue weighted by atomic mass is 10.1. The highest BCUT2D eigenvalue weighted by Gasteiger charge is 2.06. The van der Waals surface area contributed by atoms with Gasteiger partial charge in [0.25, 0.3) is 0 Å². The van der Waals surface area contributed by atoms with E-state index >= 15 is 0 Å². The molecule has 0 atom stereocenters. The summed E-state index contributed by atoms with van der Waals surface area (Å²) in [5.41, 5.74) is 4.14. The number of rotatable bonds is 9. The molecule has 7 heteroatoms. The highest BCUT2D eigenvalue weighted by molar-refractivity contribution is 14.0. The third-order valence-electron chi connectivity index (χ3n) is 4.34. The van der Waals surface area contributed by atoms with Crippen molar-refractivity contribution in [3.05, 3.63) is 72.1 Å². The Hall–Kier alpha value is -2.55. The van der Waals surface area contributed by atoms with Crippen molar-refractivity contribution in [2.24, 2.45) is 4.99 Å². The Morgan fingerprint density at radius 3 is 2.50 bits per heavy atom. The molecule has 0 fully saturated rings. The normalized spacial score (nSPS) is 10.9. The Morgan fingerprint density at radius 2 is 1.77 bits per heavy atom. The van der Waals surface area contributed by atoms with Gasteiger partial charge in [-0.05, 0) is 44.5 Å². The lowest BCUT2D eigenvalue weighted by molar-refractivity contribution is 0.572. The van der Waals surface area contributed by atoms with Crippen LogP contribution in [0.1, 0.15) is 24.6 Å². The predicted molar refractivity (Wildman–Crippen MR) is 134 cm³/mol. The van der Waals surface area contributed by atoms with Gasteiger partial charge in [0.05, 0.1) is 6.54 Å². The minimum atomic E-state index is 0. The van der Waals surface area contributed by atoms with Gasteiger partial charge < -0.3 is 20.4 Å². The van der Waals surface area contributed by atoms with E-state index in [0.717, 1.165) is 49.0 Å². The molecule has 3 aromatic rings. The van der Waals surface area contributed by atoms with Crippen molar-refractivity contribution in [1.29, 1.82) is 0 Å². The number of aryl methyl sites for hydroxylation is 1. The van der Waals surface area contributed by atoms with Gasteiger partial charge in [0, 0.05) is 30.9 Å². The lowest BCUT2D eigenvalue weighted by Crippen LogP contribution is -2.38. The predicted octanol–water partition coefficient (Wildman–Crippen LogP) is 4.83. The average Bonchev–Trinajstić information content (AvgIpc) is 3.22. The minimum Gasteiger partial charge on any atom is -0.444 e. The van der Waals surface area contributed by atoms with E-state index in [1.807, 2.05) is 30.3 Å². The second-order valence-corrected chi connectivity index (χ2v) is 6.78. The molecule has 3 N–H and O–H groups in total. The number of oxazole rings is 1. The standard InChI is InChI=1S/C23H29N5O.HI/c1-3-24-23(26-15-7-14-25-20-8-5-4-6-9-20)27-16-21-17-29-22(28-21)19-12-10-18(2)11-13-19;/h4-6,8-13,17,25H,3,7,14-16H2,1-2H3,(H2,24,26,27);1H. The Morgan fingerprint density at radius 1 is 1.00 bits per heavy atom. The molecule has 0 aliphatic carbocycles. The number of hydrogen-bond donors (Lipinski definition) is 3. The van der Waals surface area contributed by atoms with Gasteiger partial charge in [-0.1, -0.05) is 35.9 Å². The summed E-state index contributed by atoms with van der Waals surface area (Å²) in [6.07, 6.45) is 2.66. The zero-order valence-electron chi connectivity index (χ0n) is 17.5. The molecule has 0 saturated carbocycles. The molecule has 0 aliphatic heterocycles. The number of anilines is 1. The summed E-state index contributed by atoms with van der Waals surface area (Å²) in [6.45, 7) is 7.12. The van der Waals surface area contributed by atoms with Crippen LogP contribution in [0.5, 0.6) is 0 Å². The number of guanidine groups is 1. The number of aliphatic imine (C=N–C) groups is 1. The molecule has 0 bridgehead atoms. The van der Waals surface area contributed by atoms with Crippen LogP contribution in [0, 0.1) is 6.92 Å². The summed E-state index contributed by atoms with van der Waals surface area (Å²) in [5.74, 6) is 1.41. The van der Waals surface area contributed by atoms with E-state index in [4.69, 9.17) is 4.42 Å². The molecule has 0 saturated heterocycles. The van der Waals surface area contributed by atoms with Crippen LogP contribution in [0.15, 0.2) is 70.3 Å². The van der Waals surface area contributed by atoms with Crippen LogP contribution in [0.2, 0.25) is 0 Å². The van der Waals surface area contributed by atoms with E-state index in [-0.39, 0.29) is 24.0 Å². The maximum Gasteiger partial charge on any atom is 0.226 e. The number of aromatic nitrogens is 1. The highest BCUT2D eigenvalue weighted by atomic mass is 127. The molecule has 0 amide bonds. The lowest BCUT2D eigenvalue weighted by Gasteiger charge is -2.11. The third kappa shape index (κ3) is 7.70. The van der Waals surface area contributed by atoms with Gasteiger partial charge in [-0.15, -0.1) is 24.0 Å². The molecule has 160 valence electrons. The topological polar surface area (TPSA) is 74.5 Å². The average molecular weight is 519 g/mol. The molecular formula is C23H30IN5O. The fourth-order valence-corrected chi connectivity index (χ4v) is 2.79. The van der Waals surface area contributed by atoms with E-state index in [2.05, 4.69) is 64.0 Å². The van der Waals surface area contributed by atoms with Crippen LogP contribution in [0.25, 0.3) is 11.5 Å². The monoisotopic (exact) mass is 519 g/mol. The number of para-hydroxylation sites is 1. The summed E-state index contributed by atoms with van der Waals surface area (Å²) >= 11 is 0. The molecule has 0 unspecified atom stereocenters.